The molecule has 2 aliphatic rings. The van der Waals surface area contributed by atoms with Crippen molar-refractivity contribution in [3.05, 3.63) is 0 Å². The van der Waals surface area contributed by atoms with Crippen LogP contribution in [0.2, 0.25) is 0 Å². The molecule has 1 saturated carbocycles. The van der Waals surface area contributed by atoms with Gasteiger partial charge in [-0.2, -0.15) is 0 Å². The van der Waals surface area contributed by atoms with Gasteiger partial charge in [-0.1, -0.05) is 0 Å². The van der Waals surface area contributed by atoms with E-state index >= 15 is 0 Å². The van der Waals surface area contributed by atoms with Crippen LogP contribution in [0.4, 0.5) is 0 Å². The molecule has 0 bridgehead atoms. The number of hydrogen-bond acceptors (Lipinski definition) is 2. The zero-order chi connectivity index (χ0) is 9.42. The molecule has 1 aliphatic heterocycles. The Balaban J connectivity index is 1.99. The lowest BCUT2D eigenvalue weighted by Crippen LogP contribution is -2.45. The fourth-order valence-electron chi connectivity index (χ4n) is 1.99. The standard InChI is InChI=1S/C9H13NO3/c11-8-7(9(12)13)3-6(4-10-8)5-1-2-5/h5-7H,1-4H2,(H,10,11)(H,12,13). The molecule has 2 N–H and O–H groups in total. The van der Waals surface area contributed by atoms with Gasteiger partial charge in [-0.3, -0.25) is 9.59 Å². The Hall–Kier alpha value is -1.06. The number of carboxylic acid groups (broad SMARTS) is 1. The average Bonchev–Trinajstić information content (AvgIpc) is 2.87. The molecule has 4 heteroatoms. The maximum atomic E-state index is 11.1. The van der Waals surface area contributed by atoms with Crippen molar-refractivity contribution in [1.82, 2.24) is 5.32 Å². The highest BCUT2D eigenvalue weighted by Gasteiger charge is 2.40. The molecular weight excluding hydrogens is 170 g/mol. The lowest BCUT2D eigenvalue weighted by atomic mass is 9.87. The summed E-state index contributed by atoms with van der Waals surface area (Å²) < 4.78 is 0. The number of amides is 1. The van der Waals surface area contributed by atoms with E-state index in [1.165, 1.54) is 12.8 Å². The molecule has 2 rings (SSSR count). The van der Waals surface area contributed by atoms with Crippen molar-refractivity contribution in [3.8, 4) is 0 Å². The summed E-state index contributed by atoms with van der Waals surface area (Å²) in [6.45, 7) is 0.674. The first-order chi connectivity index (χ1) is 6.18. The Labute approximate surface area is 76.3 Å². The Morgan fingerprint density at radius 2 is 2.08 bits per heavy atom. The number of carbonyl (C=O) groups is 2. The number of carboxylic acids is 1. The molecule has 4 nitrogen and oxygen atoms in total. The first kappa shape index (κ1) is 8.53. The summed E-state index contributed by atoms with van der Waals surface area (Å²) in [5.74, 6) is -1.03. The van der Waals surface area contributed by atoms with Crippen LogP contribution in [0.1, 0.15) is 19.3 Å². The molecule has 0 aromatic carbocycles. The molecule has 1 amide bonds. The predicted octanol–water partition coefficient (Wildman–Crippen LogP) is 0.233. The summed E-state index contributed by atoms with van der Waals surface area (Å²) in [6, 6.07) is 0. The van der Waals surface area contributed by atoms with Crippen molar-refractivity contribution in [3.63, 3.8) is 0 Å². The summed E-state index contributed by atoms with van der Waals surface area (Å²) in [5, 5.41) is 11.4. The van der Waals surface area contributed by atoms with E-state index in [-0.39, 0.29) is 5.91 Å². The first-order valence-electron chi connectivity index (χ1n) is 4.69. The molecule has 0 radical (unpaired) electrons. The Kier molecular flexibility index (Phi) is 1.98. The normalized spacial score (nSPS) is 34.0. The maximum absolute atomic E-state index is 11.1. The molecule has 1 saturated heterocycles. The second-order valence-corrected chi connectivity index (χ2v) is 3.97. The SMILES string of the molecule is O=C(O)C1CC(C2CC2)CNC1=O. The molecule has 13 heavy (non-hydrogen) atoms. The van der Waals surface area contributed by atoms with Gasteiger partial charge in [-0.25, -0.2) is 0 Å². The van der Waals surface area contributed by atoms with Crippen LogP contribution in [0, 0.1) is 17.8 Å². The molecule has 2 fully saturated rings. The van der Waals surface area contributed by atoms with Crippen molar-refractivity contribution < 1.29 is 14.7 Å². The van der Waals surface area contributed by atoms with Gasteiger partial charge in [0, 0.05) is 6.54 Å². The Morgan fingerprint density at radius 3 is 2.62 bits per heavy atom. The number of rotatable bonds is 2. The van der Waals surface area contributed by atoms with Crippen molar-refractivity contribution in [2.75, 3.05) is 6.54 Å². The fraction of sp³-hybridized carbons (Fsp3) is 0.778. The summed E-state index contributed by atoms with van der Waals surface area (Å²) in [4.78, 5) is 21.8. The molecule has 72 valence electrons. The van der Waals surface area contributed by atoms with E-state index in [0.29, 0.717) is 24.8 Å². The first-order valence-corrected chi connectivity index (χ1v) is 4.69. The van der Waals surface area contributed by atoms with Crippen LogP contribution in [0.3, 0.4) is 0 Å². The van der Waals surface area contributed by atoms with Gasteiger partial charge in [-0.05, 0) is 31.1 Å². The molecule has 1 heterocycles. The van der Waals surface area contributed by atoms with Gasteiger partial charge in [0.05, 0.1) is 0 Å². The van der Waals surface area contributed by atoms with Gasteiger partial charge in [0.2, 0.25) is 5.91 Å². The molecule has 0 spiro atoms. The number of hydrogen-bond donors (Lipinski definition) is 2. The van der Waals surface area contributed by atoms with Crippen LogP contribution in [0.15, 0.2) is 0 Å². The van der Waals surface area contributed by atoms with Crippen molar-refractivity contribution in [2.24, 2.45) is 17.8 Å². The highest BCUT2D eigenvalue weighted by molar-refractivity contribution is 5.97. The summed E-state index contributed by atoms with van der Waals surface area (Å²) in [5.41, 5.74) is 0. The minimum absolute atomic E-state index is 0.315. The second kappa shape index (κ2) is 3.01. The zero-order valence-corrected chi connectivity index (χ0v) is 7.32. The second-order valence-electron chi connectivity index (χ2n) is 3.97. The molecule has 2 atom stereocenters. The maximum Gasteiger partial charge on any atom is 0.316 e. The number of aliphatic carboxylic acids is 1. The monoisotopic (exact) mass is 183 g/mol. The Morgan fingerprint density at radius 1 is 1.38 bits per heavy atom. The topological polar surface area (TPSA) is 66.4 Å². The summed E-state index contributed by atoms with van der Waals surface area (Å²) in [7, 11) is 0. The van der Waals surface area contributed by atoms with Gasteiger partial charge in [0.1, 0.15) is 5.92 Å². The highest BCUT2D eigenvalue weighted by atomic mass is 16.4. The molecule has 1 aliphatic carbocycles. The van der Waals surface area contributed by atoms with E-state index in [2.05, 4.69) is 5.32 Å². The van der Waals surface area contributed by atoms with Crippen LogP contribution >= 0.6 is 0 Å². The quantitative estimate of drug-likeness (QED) is 0.602. The van der Waals surface area contributed by atoms with E-state index < -0.39 is 11.9 Å². The van der Waals surface area contributed by atoms with Crippen molar-refractivity contribution in [1.29, 1.82) is 0 Å². The number of carbonyl (C=O) groups excluding carboxylic acids is 1. The third-order valence-corrected chi connectivity index (χ3v) is 2.98. The average molecular weight is 183 g/mol. The Bertz CT molecular complexity index is 247. The minimum Gasteiger partial charge on any atom is -0.481 e. The fourth-order valence-corrected chi connectivity index (χ4v) is 1.99. The van der Waals surface area contributed by atoms with Crippen LogP contribution in [-0.4, -0.2) is 23.5 Å². The van der Waals surface area contributed by atoms with Crippen LogP contribution in [0.5, 0.6) is 0 Å². The smallest absolute Gasteiger partial charge is 0.316 e. The third-order valence-electron chi connectivity index (χ3n) is 2.98. The van der Waals surface area contributed by atoms with Gasteiger partial charge >= 0.3 is 5.97 Å². The molecule has 0 aromatic heterocycles. The van der Waals surface area contributed by atoms with Crippen LogP contribution in [0.25, 0.3) is 0 Å². The summed E-state index contributed by atoms with van der Waals surface area (Å²) in [6.07, 6.45) is 2.94. The van der Waals surface area contributed by atoms with Crippen molar-refractivity contribution in [2.45, 2.75) is 19.3 Å². The third kappa shape index (κ3) is 1.66. The highest BCUT2D eigenvalue weighted by Crippen LogP contribution is 2.40. The lowest BCUT2D eigenvalue weighted by Gasteiger charge is -2.26. The van der Waals surface area contributed by atoms with Gasteiger partial charge < -0.3 is 10.4 Å². The number of nitrogens with one attached hydrogen (secondary N) is 1. The van der Waals surface area contributed by atoms with Crippen LogP contribution in [-0.2, 0) is 9.59 Å². The number of piperidine rings is 1. The van der Waals surface area contributed by atoms with Gasteiger partial charge in [-0.15, -0.1) is 0 Å². The van der Waals surface area contributed by atoms with Crippen molar-refractivity contribution >= 4 is 11.9 Å². The molecule has 2 unspecified atom stereocenters. The summed E-state index contributed by atoms with van der Waals surface area (Å²) >= 11 is 0. The van der Waals surface area contributed by atoms with Gasteiger partial charge in [0.15, 0.2) is 0 Å². The van der Waals surface area contributed by atoms with E-state index in [1.54, 1.807) is 0 Å². The zero-order valence-electron chi connectivity index (χ0n) is 7.32. The lowest BCUT2D eigenvalue weighted by molar-refractivity contribution is -0.149. The van der Waals surface area contributed by atoms with Crippen LogP contribution < -0.4 is 5.32 Å². The molecule has 0 aromatic rings. The van der Waals surface area contributed by atoms with E-state index in [1.807, 2.05) is 0 Å². The van der Waals surface area contributed by atoms with E-state index in [0.717, 1.165) is 0 Å². The molecular formula is C9H13NO3. The largest absolute Gasteiger partial charge is 0.481 e. The predicted molar refractivity (Wildman–Crippen MR) is 45.0 cm³/mol. The van der Waals surface area contributed by atoms with Gasteiger partial charge in [0.25, 0.3) is 0 Å². The minimum atomic E-state index is -0.983. The van der Waals surface area contributed by atoms with E-state index in [4.69, 9.17) is 5.11 Å². The van der Waals surface area contributed by atoms with E-state index in [9.17, 15) is 9.59 Å².